The number of amides is 1. The minimum atomic E-state index is -0.735. The van der Waals surface area contributed by atoms with Gasteiger partial charge in [0, 0.05) is 11.3 Å². The van der Waals surface area contributed by atoms with Gasteiger partial charge in [-0.15, -0.1) is 0 Å². The maximum atomic E-state index is 13.3. The van der Waals surface area contributed by atoms with Gasteiger partial charge >= 0.3 is 0 Å². The highest BCUT2D eigenvalue weighted by Gasteiger charge is 2.47. The fourth-order valence-corrected chi connectivity index (χ4v) is 4.48. The number of unbranched alkanes of at least 4 members (excludes halogenated alkanes) is 2. The van der Waals surface area contributed by atoms with Crippen molar-refractivity contribution in [1.29, 1.82) is 0 Å². The van der Waals surface area contributed by atoms with Gasteiger partial charge in [0.1, 0.15) is 11.5 Å². The molecule has 0 aliphatic carbocycles. The molecule has 4 rings (SSSR count). The summed E-state index contributed by atoms with van der Waals surface area (Å²) in [5, 5.41) is 11.3. The number of aryl methyl sites for hydroxylation is 2. The number of rotatable bonds is 8. The Bertz CT molecular complexity index is 1260. The lowest BCUT2D eigenvalue weighted by molar-refractivity contribution is -0.132. The second-order valence-electron chi connectivity index (χ2n) is 8.95. The summed E-state index contributed by atoms with van der Waals surface area (Å²) in [6.07, 6.45) is 3.22. The zero-order chi connectivity index (χ0) is 24.9. The highest BCUT2D eigenvalue weighted by atomic mass is 16.5. The number of benzene rings is 3. The van der Waals surface area contributed by atoms with Crippen LogP contribution in [-0.2, 0) is 9.59 Å². The maximum Gasteiger partial charge on any atom is 0.300 e. The van der Waals surface area contributed by atoms with Gasteiger partial charge in [0.15, 0.2) is 0 Å². The van der Waals surface area contributed by atoms with E-state index < -0.39 is 17.7 Å². The molecule has 1 atom stereocenters. The zero-order valence-corrected chi connectivity index (χ0v) is 20.5. The number of nitrogens with zero attached hydrogens (tertiary/aromatic N) is 1. The van der Waals surface area contributed by atoms with E-state index in [0.29, 0.717) is 23.6 Å². The second kappa shape index (κ2) is 10.6. The highest BCUT2D eigenvalue weighted by Crippen LogP contribution is 2.43. The van der Waals surface area contributed by atoms with Crippen molar-refractivity contribution in [3.05, 3.63) is 101 Å². The van der Waals surface area contributed by atoms with Gasteiger partial charge in [-0.1, -0.05) is 67.8 Å². The van der Waals surface area contributed by atoms with Crippen LogP contribution < -0.4 is 9.64 Å². The maximum absolute atomic E-state index is 13.3. The Morgan fingerprint density at radius 3 is 2.37 bits per heavy atom. The summed E-state index contributed by atoms with van der Waals surface area (Å²) in [5.74, 6) is -0.836. The van der Waals surface area contributed by atoms with Crippen molar-refractivity contribution in [2.24, 2.45) is 0 Å². The molecule has 1 N–H and O–H groups in total. The van der Waals surface area contributed by atoms with Crippen molar-refractivity contribution in [3.63, 3.8) is 0 Å². The van der Waals surface area contributed by atoms with Crippen LogP contribution in [0.25, 0.3) is 5.76 Å². The van der Waals surface area contributed by atoms with Gasteiger partial charge in [-0.25, -0.2) is 0 Å². The molecule has 1 amide bonds. The Morgan fingerprint density at radius 2 is 1.69 bits per heavy atom. The quantitative estimate of drug-likeness (QED) is 0.177. The van der Waals surface area contributed by atoms with Crippen LogP contribution in [0.5, 0.6) is 5.75 Å². The molecule has 0 aromatic heterocycles. The molecule has 1 unspecified atom stereocenters. The first-order valence-corrected chi connectivity index (χ1v) is 12.1. The lowest BCUT2D eigenvalue weighted by Gasteiger charge is -2.27. The lowest BCUT2D eigenvalue weighted by atomic mass is 9.94. The highest BCUT2D eigenvalue weighted by molar-refractivity contribution is 6.51. The van der Waals surface area contributed by atoms with Gasteiger partial charge in [-0.3, -0.25) is 14.5 Å². The van der Waals surface area contributed by atoms with E-state index in [9.17, 15) is 14.7 Å². The summed E-state index contributed by atoms with van der Waals surface area (Å²) in [6, 6.07) is 21.4. The molecule has 180 valence electrons. The van der Waals surface area contributed by atoms with E-state index in [1.807, 2.05) is 62.4 Å². The molecular weight excluding hydrogens is 438 g/mol. The molecule has 1 heterocycles. The predicted molar refractivity (Wildman–Crippen MR) is 139 cm³/mol. The second-order valence-corrected chi connectivity index (χ2v) is 8.95. The third-order valence-electron chi connectivity index (χ3n) is 6.32. The molecular formula is C30H31NO4. The standard InChI is InChI=1S/C30H31NO4/c1-4-5-8-18-35-24-16-14-22(15-17-24)28(32)26-27(23-12-9-10-20(2)19-23)31(30(34)29(26)33)25-13-7-6-11-21(25)3/h6-7,9-17,19,27,32H,4-5,8,18H2,1-3H3/b28-26-. The molecule has 1 fully saturated rings. The van der Waals surface area contributed by atoms with E-state index in [2.05, 4.69) is 6.92 Å². The van der Waals surface area contributed by atoms with Gasteiger partial charge in [0.2, 0.25) is 0 Å². The number of Topliss-reactive ketones (excluding diaryl/α,β-unsaturated/α-hetero) is 1. The predicted octanol–water partition coefficient (Wildman–Crippen LogP) is 6.50. The first-order valence-electron chi connectivity index (χ1n) is 12.1. The largest absolute Gasteiger partial charge is 0.507 e. The molecule has 5 heteroatoms. The van der Waals surface area contributed by atoms with Crippen molar-refractivity contribution >= 4 is 23.1 Å². The van der Waals surface area contributed by atoms with Gasteiger partial charge in [0.05, 0.1) is 18.2 Å². The molecule has 1 saturated heterocycles. The number of anilines is 1. The Morgan fingerprint density at radius 1 is 0.943 bits per heavy atom. The van der Waals surface area contributed by atoms with Crippen LogP contribution in [0.3, 0.4) is 0 Å². The van der Waals surface area contributed by atoms with Crippen LogP contribution in [0, 0.1) is 13.8 Å². The van der Waals surface area contributed by atoms with Gasteiger partial charge in [-0.2, -0.15) is 0 Å². The zero-order valence-electron chi connectivity index (χ0n) is 20.5. The molecule has 5 nitrogen and oxygen atoms in total. The van der Waals surface area contributed by atoms with Gasteiger partial charge < -0.3 is 9.84 Å². The number of hydrogen-bond acceptors (Lipinski definition) is 4. The van der Waals surface area contributed by atoms with Crippen LogP contribution >= 0.6 is 0 Å². The average molecular weight is 470 g/mol. The summed E-state index contributed by atoms with van der Waals surface area (Å²) >= 11 is 0. The number of ether oxygens (including phenoxy) is 1. The normalized spacial score (nSPS) is 17.1. The number of hydrogen-bond donors (Lipinski definition) is 1. The average Bonchev–Trinajstić information content (AvgIpc) is 3.12. The monoisotopic (exact) mass is 469 g/mol. The molecule has 0 radical (unpaired) electrons. The molecule has 35 heavy (non-hydrogen) atoms. The van der Waals surface area contributed by atoms with Crippen molar-refractivity contribution in [2.75, 3.05) is 11.5 Å². The van der Waals surface area contributed by atoms with E-state index in [1.54, 1.807) is 24.3 Å². The van der Waals surface area contributed by atoms with Crippen LogP contribution in [0.4, 0.5) is 5.69 Å². The number of carbonyl (C=O) groups is 2. The van der Waals surface area contributed by atoms with Crippen LogP contribution in [0.1, 0.15) is 54.5 Å². The summed E-state index contributed by atoms with van der Waals surface area (Å²) in [7, 11) is 0. The Labute approximate surface area is 206 Å². The summed E-state index contributed by atoms with van der Waals surface area (Å²) in [4.78, 5) is 28.1. The minimum absolute atomic E-state index is 0.0838. The van der Waals surface area contributed by atoms with Crippen LogP contribution in [0.2, 0.25) is 0 Å². The first-order chi connectivity index (χ1) is 16.9. The van der Waals surface area contributed by atoms with E-state index in [1.165, 1.54) is 4.90 Å². The number of carbonyl (C=O) groups excluding carboxylic acids is 2. The SMILES string of the molecule is CCCCCOc1ccc(/C(O)=C2/C(=O)C(=O)N(c3ccccc3C)C2c2cccc(C)c2)cc1. The van der Waals surface area contributed by atoms with Crippen LogP contribution in [0.15, 0.2) is 78.4 Å². The smallest absolute Gasteiger partial charge is 0.300 e. The van der Waals surface area contributed by atoms with E-state index in [4.69, 9.17) is 4.74 Å². The minimum Gasteiger partial charge on any atom is -0.507 e. The molecule has 3 aromatic rings. The number of aliphatic hydroxyl groups is 1. The van der Waals surface area contributed by atoms with E-state index in [-0.39, 0.29) is 11.3 Å². The van der Waals surface area contributed by atoms with E-state index in [0.717, 1.165) is 36.0 Å². The Kier molecular flexibility index (Phi) is 7.35. The Balaban J connectivity index is 1.77. The number of ketones is 1. The van der Waals surface area contributed by atoms with Crippen molar-refractivity contribution in [1.82, 2.24) is 0 Å². The fraction of sp³-hybridized carbons (Fsp3) is 0.267. The molecule has 0 spiro atoms. The summed E-state index contributed by atoms with van der Waals surface area (Å²) in [5.41, 5.74) is 3.84. The molecule has 0 saturated carbocycles. The third-order valence-corrected chi connectivity index (χ3v) is 6.32. The van der Waals surface area contributed by atoms with Gasteiger partial charge in [-0.05, 0) is 61.7 Å². The first kappa shape index (κ1) is 24.3. The summed E-state index contributed by atoms with van der Waals surface area (Å²) < 4.78 is 5.77. The lowest BCUT2D eigenvalue weighted by Crippen LogP contribution is -2.30. The van der Waals surface area contributed by atoms with Crippen molar-refractivity contribution in [3.8, 4) is 5.75 Å². The molecule has 1 aliphatic heterocycles. The molecule has 1 aliphatic rings. The third kappa shape index (κ3) is 4.99. The fourth-order valence-electron chi connectivity index (χ4n) is 4.48. The number of aliphatic hydroxyl groups excluding tert-OH is 1. The topological polar surface area (TPSA) is 66.8 Å². The molecule has 3 aromatic carbocycles. The Hall–Kier alpha value is -3.86. The molecule has 0 bridgehead atoms. The van der Waals surface area contributed by atoms with Crippen LogP contribution in [-0.4, -0.2) is 23.4 Å². The van der Waals surface area contributed by atoms with Crippen molar-refractivity contribution in [2.45, 2.75) is 46.1 Å². The van der Waals surface area contributed by atoms with Gasteiger partial charge in [0.25, 0.3) is 11.7 Å². The number of para-hydroxylation sites is 1. The summed E-state index contributed by atoms with van der Waals surface area (Å²) in [6.45, 7) is 6.64. The van der Waals surface area contributed by atoms with E-state index >= 15 is 0 Å². The van der Waals surface area contributed by atoms with Crippen molar-refractivity contribution < 1.29 is 19.4 Å².